The van der Waals surface area contributed by atoms with Gasteiger partial charge < -0.3 is 19.8 Å². The van der Waals surface area contributed by atoms with Gasteiger partial charge in [-0.05, 0) is 62.9 Å². The van der Waals surface area contributed by atoms with Gasteiger partial charge in [-0.2, -0.15) is 0 Å². The van der Waals surface area contributed by atoms with E-state index < -0.39 is 5.97 Å². The van der Waals surface area contributed by atoms with Crippen molar-refractivity contribution < 1.29 is 19.1 Å². The molecule has 7 heteroatoms. The molecule has 0 unspecified atom stereocenters. The minimum absolute atomic E-state index is 0.140. The molecule has 2 N–H and O–H groups in total. The van der Waals surface area contributed by atoms with Gasteiger partial charge in [0.1, 0.15) is 11.4 Å². The predicted molar refractivity (Wildman–Crippen MR) is 129 cm³/mol. The SMILES string of the molecule is COC(=O)c1[nH]c2cc(OC)ccc2c1NC(=O)[C@@H](C)N1CCC(Cc2ccccc2)CC1. The number of aromatic nitrogens is 1. The molecule has 174 valence electrons. The highest BCUT2D eigenvalue weighted by Crippen LogP contribution is 2.31. The molecular formula is C26H31N3O4. The first-order valence-electron chi connectivity index (χ1n) is 11.4. The molecule has 3 aromatic rings. The largest absolute Gasteiger partial charge is 0.497 e. The molecule has 1 aliphatic heterocycles. The number of carbonyl (C=O) groups excluding carboxylic acids is 2. The average Bonchev–Trinajstić information content (AvgIpc) is 3.21. The Labute approximate surface area is 194 Å². The first-order chi connectivity index (χ1) is 16.0. The van der Waals surface area contributed by atoms with Crippen LogP contribution in [0.15, 0.2) is 48.5 Å². The fraction of sp³-hybridized carbons (Fsp3) is 0.385. The number of methoxy groups -OCH3 is 2. The normalized spacial score (nSPS) is 15.8. The summed E-state index contributed by atoms with van der Waals surface area (Å²) < 4.78 is 10.2. The Balaban J connectivity index is 1.44. The zero-order chi connectivity index (χ0) is 23.4. The van der Waals surface area contributed by atoms with Crippen LogP contribution in [0.25, 0.3) is 10.9 Å². The molecule has 4 rings (SSSR count). The summed E-state index contributed by atoms with van der Waals surface area (Å²) in [6.45, 7) is 3.67. The van der Waals surface area contributed by atoms with Gasteiger partial charge in [0, 0.05) is 11.5 Å². The van der Waals surface area contributed by atoms with E-state index in [0.29, 0.717) is 22.9 Å². The van der Waals surface area contributed by atoms with Crippen molar-refractivity contribution in [3.8, 4) is 5.75 Å². The van der Waals surface area contributed by atoms with Crippen LogP contribution >= 0.6 is 0 Å². The van der Waals surface area contributed by atoms with E-state index in [1.54, 1.807) is 19.2 Å². The summed E-state index contributed by atoms with van der Waals surface area (Å²) >= 11 is 0. The first kappa shape index (κ1) is 22.9. The van der Waals surface area contributed by atoms with Crippen molar-refractivity contribution in [3.05, 3.63) is 59.8 Å². The fourth-order valence-electron chi connectivity index (χ4n) is 4.57. The maximum atomic E-state index is 13.2. The van der Waals surface area contributed by atoms with Crippen molar-refractivity contribution >= 4 is 28.5 Å². The summed E-state index contributed by atoms with van der Waals surface area (Å²) in [6.07, 6.45) is 3.20. The maximum Gasteiger partial charge on any atom is 0.356 e. The smallest absolute Gasteiger partial charge is 0.356 e. The summed E-state index contributed by atoms with van der Waals surface area (Å²) in [5.74, 6) is 0.617. The predicted octanol–water partition coefficient (Wildman–Crippen LogP) is 4.24. The number of fused-ring (bicyclic) bond motifs is 1. The second kappa shape index (κ2) is 10.1. The number of piperidine rings is 1. The number of nitrogens with one attached hydrogen (secondary N) is 2. The molecule has 0 aliphatic carbocycles. The third kappa shape index (κ3) is 5.03. The lowest BCUT2D eigenvalue weighted by Crippen LogP contribution is -2.46. The quantitative estimate of drug-likeness (QED) is 0.527. The lowest BCUT2D eigenvalue weighted by molar-refractivity contribution is -0.121. The number of rotatable bonds is 7. The fourth-order valence-corrected chi connectivity index (χ4v) is 4.57. The minimum Gasteiger partial charge on any atom is -0.497 e. The highest BCUT2D eigenvalue weighted by Gasteiger charge is 2.28. The molecule has 1 aliphatic rings. The van der Waals surface area contributed by atoms with Crippen LogP contribution in [0, 0.1) is 5.92 Å². The summed E-state index contributed by atoms with van der Waals surface area (Å²) in [5.41, 5.74) is 2.73. The van der Waals surface area contributed by atoms with Crippen LogP contribution in [0.3, 0.4) is 0 Å². The molecule has 33 heavy (non-hydrogen) atoms. The number of carbonyl (C=O) groups is 2. The van der Waals surface area contributed by atoms with Crippen molar-refractivity contribution in [2.24, 2.45) is 5.92 Å². The van der Waals surface area contributed by atoms with Crippen LogP contribution in [0.5, 0.6) is 5.75 Å². The molecule has 1 saturated heterocycles. The molecule has 0 saturated carbocycles. The van der Waals surface area contributed by atoms with Crippen molar-refractivity contribution in [2.45, 2.75) is 32.2 Å². The van der Waals surface area contributed by atoms with Crippen molar-refractivity contribution in [1.82, 2.24) is 9.88 Å². The molecule has 2 heterocycles. The van der Waals surface area contributed by atoms with Gasteiger partial charge >= 0.3 is 5.97 Å². The van der Waals surface area contributed by atoms with Crippen LogP contribution in [0.4, 0.5) is 5.69 Å². The number of nitrogens with zero attached hydrogens (tertiary/aromatic N) is 1. The molecule has 1 aromatic heterocycles. The first-order valence-corrected chi connectivity index (χ1v) is 11.4. The van der Waals surface area contributed by atoms with Crippen LogP contribution in [0.1, 0.15) is 35.8 Å². The molecule has 0 bridgehead atoms. The van der Waals surface area contributed by atoms with E-state index in [2.05, 4.69) is 39.5 Å². The van der Waals surface area contributed by atoms with Gasteiger partial charge in [-0.1, -0.05) is 30.3 Å². The number of hydrogen-bond acceptors (Lipinski definition) is 5. The van der Waals surface area contributed by atoms with E-state index in [9.17, 15) is 9.59 Å². The number of H-pyrrole nitrogens is 1. The number of esters is 1. The molecule has 1 amide bonds. The van der Waals surface area contributed by atoms with E-state index in [4.69, 9.17) is 9.47 Å². The summed E-state index contributed by atoms with van der Waals surface area (Å²) in [7, 11) is 2.90. The van der Waals surface area contributed by atoms with E-state index in [0.717, 1.165) is 37.7 Å². The number of hydrogen-bond donors (Lipinski definition) is 2. The minimum atomic E-state index is -0.533. The molecule has 1 atom stereocenters. The van der Waals surface area contributed by atoms with E-state index in [1.165, 1.54) is 12.7 Å². The number of anilines is 1. The Hall–Kier alpha value is -3.32. The standard InChI is InChI=1S/C26H31N3O4/c1-17(29-13-11-19(12-14-29)15-18-7-5-4-6-8-18)25(30)28-23-21-10-9-20(32-2)16-22(21)27-24(23)26(31)33-3/h4-10,16-17,19,27H,11-15H2,1-3H3,(H,28,30)/t17-/m1/s1. The number of aromatic amines is 1. The summed E-state index contributed by atoms with van der Waals surface area (Å²) in [5, 5.41) is 3.72. The van der Waals surface area contributed by atoms with Crippen molar-refractivity contribution in [2.75, 3.05) is 32.6 Å². The molecule has 2 aromatic carbocycles. The van der Waals surface area contributed by atoms with Crippen LogP contribution in [-0.2, 0) is 16.0 Å². The van der Waals surface area contributed by atoms with E-state index in [-0.39, 0.29) is 17.6 Å². The van der Waals surface area contributed by atoms with Crippen molar-refractivity contribution in [1.29, 1.82) is 0 Å². The number of likely N-dealkylation sites (tertiary alicyclic amines) is 1. The zero-order valence-corrected chi connectivity index (χ0v) is 19.4. The lowest BCUT2D eigenvalue weighted by Gasteiger charge is -2.35. The monoisotopic (exact) mass is 449 g/mol. The number of amides is 1. The van der Waals surface area contributed by atoms with Crippen LogP contribution in [0.2, 0.25) is 0 Å². The molecule has 1 fully saturated rings. The Morgan fingerprint density at radius 3 is 2.52 bits per heavy atom. The van der Waals surface area contributed by atoms with Gasteiger partial charge in [0.15, 0.2) is 0 Å². The van der Waals surface area contributed by atoms with E-state index in [1.807, 2.05) is 19.1 Å². The van der Waals surface area contributed by atoms with Gasteiger partial charge in [0.2, 0.25) is 5.91 Å². The highest BCUT2D eigenvalue weighted by molar-refractivity contribution is 6.11. The second-order valence-corrected chi connectivity index (χ2v) is 8.61. The third-order valence-electron chi connectivity index (χ3n) is 6.59. The average molecular weight is 450 g/mol. The molecule has 0 radical (unpaired) electrons. The Kier molecular flexibility index (Phi) is 6.99. The highest BCUT2D eigenvalue weighted by atomic mass is 16.5. The van der Waals surface area contributed by atoms with Gasteiger partial charge in [-0.25, -0.2) is 4.79 Å². The topological polar surface area (TPSA) is 83.7 Å². The van der Waals surface area contributed by atoms with Crippen molar-refractivity contribution in [3.63, 3.8) is 0 Å². The van der Waals surface area contributed by atoms with Gasteiger partial charge in [0.25, 0.3) is 0 Å². The van der Waals surface area contributed by atoms with Crippen LogP contribution < -0.4 is 10.1 Å². The number of benzene rings is 2. The Morgan fingerprint density at radius 2 is 1.85 bits per heavy atom. The summed E-state index contributed by atoms with van der Waals surface area (Å²) in [6, 6.07) is 15.7. The molecular weight excluding hydrogens is 418 g/mol. The van der Waals surface area contributed by atoms with Crippen LogP contribution in [-0.4, -0.2) is 55.1 Å². The Bertz CT molecular complexity index is 1120. The third-order valence-corrected chi connectivity index (χ3v) is 6.59. The Morgan fingerprint density at radius 1 is 1.12 bits per heavy atom. The molecule has 0 spiro atoms. The number of ether oxygens (including phenoxy) is 2. The van der Waals surface area contributed by atoms with Gasteiger partial charge in [0.05, 0.1) is 31.5 Å². The second-order valence-electron chi connectivity index (χ2n) is 8.61. The molecule has 7 nitrogen and oxygen atoms in total. The summed E-state index contributed by atoms with van der Waals surface area (Å²) in [4.78, 5) is 30.8. The lowest BCUT2D eigenvalue weighted by atomic mass is 9.89. The van der Waals surface area contributed by atoms with Gasteiger partial charge in [-0.15, -0.1) is 0 Å². The van der Waals surface area contributed by atoms with Gasteiger partial charge in [-0.3, -0.25) is 9.69 Å². The maximum absolute atomic E-state index is 13.2. The zero-order valence-electron chi connectivity index (χ0n) is 19.4. The van der Waals surface area contributed by atoms with E-state index >= 15 is 0 Å².